The van der Waals surface area contributed by atoms with E-state index in [1.807, 2.05) is 0 Å². The molecule has 0 aliphatic carbocycles. The van der Waals surface area contributed by atoms with Gasteiger partial charge in [0.25, 0.3) is 0 Å². The van der Waals surface area contributed by atoms with Crippen molar-refractivity contribution < 1.29 is 9.90 Å². The van der Waals surface area contributed by atoms with Crippen LogP contribution in [0.15, 0.2) is 12.1 Å². The summed E-state index contributed by atoms with van der Waals surface area (Å²) in [5.74, 6) is -0.419. The lowest BCUT2D eigenvalue weighted by Crippen LogP contribution is -2.28. The zero-order chi connectivity index (χ0) is 11.7. The predicted molar refractivity (Wildman–Crippen MR) is 61.7 cm³/mol. The maximum Gasteiger partial charge on any atom is 0.354 e. The quantitative estimate of drug-likeness (QED) is 0.788. The SMILES string of the molecule is CC1CCCN1c1nc(C(=O)O)ccc1N. The highest BCUT2D eigenvalue weighted by Gasteiger charge is 2.24. The highest BCUT2D eigenvalue weighted by atomic mass is 16.4. The molecule has 0 bridgehead atoms. The first-order chi connectivity index (χ1) is 7.59. The number of nitrogens with two attached hydrogens (primary N) is 1. The van der Waals surface area contributed by atoms with Gasteiger partial charge in [-0.05, 0) is 31.9 Å². The second-order valence-corrected chi connectivity index (χ2v) is 4.10. The van der Waals surface area contributed by atoms with Gasteiger partial charge >= 0.3 is 5.97 Å². The van der Waals surface area contributed by atoms with Crippen LogP contribution in [0.4, 0.5) is 11.5 Å². The van der Waals surface area contributed by atoms with Crippen LogP contribution >= 0.6 is 0 Å². The van der Waals surface area contributed by atoms with Crippen LogP contribution in [0.2, 0.25) is 0 Å². The molecule has 1 unspecified atom stereocenters. The summed E-state index contributed by atoms with van der Waals surface area (Å²) in [6.45, 7) is 2.99. The van der Waals surface area contributed by atoms with Crippen LogP contribution in [0.3, 0.4) is 0 Å². The zero-order valence-electron chi connectivity index (χ0n) is 9.18. The molecule has 1 aliphatic heterocycles. The fourth-order valence-corrected chi connectivity index (χ4v) is 2.06. The molecule has 1 fully saturated rings. The molecule has 2 heterocycles. The molecule has 5 nitrogen and oxygen atoms in total. The minimum Gasteiger partial charge on any atom is -0.477 e. The highest BCUT2D eigenvalue weighted by molar-refractivity contribution is 5.87. The molecule has 1 aliphatic rings. The van der Waals surface area contributed by atoms with Crippen molar-refractivity contribution in [2.24, 2.45) is 0 Å². The first kappa shape index (κ1) is 10.7. The van der Waals surface area contributed by atoms with E-state index in [1.165, 1.54) is 6.07 Å². The summed E-state index contributed by atoms with van der Waals surface area (Å²) in [7, 11) is 0. The Morgan fingerprint density at radius 3 is 2.94 bits per heavy atom. The van der Waals surface area contributed by atoms with E-state index in [0.29, 0.717) is 17.5 Å². The molecule has 0 amide bonds. The molecular formula is C11H15N3O2. The van der Waals surface area contributed by atoms with E-state index in [2.05, 4.69) is 16.8 Å². The summed E-state index contributed by atoms with van der Waals surface area (Å²) in [4.78, 5) is 17.0. The summed E-state index contributed by atoms with van der Waals surface area (Å²) >= 11 is 0. The molecule has 2 rings (SSSR count). The zero-order valence-corrected chi connectivity index (χ0v) is 9.18. The Morgan fingerprint density at radius 1 is 1.62 bits per heavy atom. The smallest absolute Gasteiger partial charge is 0.354 e. The third-order valence-corrected chi connectivity index (χ3v) is 2.95. The van der Waals surface area contributed by atoms with Crippen LogP contribution in [-0.2, 0) is 0 Å². The van der Waals surface area contributed by atoms with E-state index in [0.717, 1.165) is 19.4 Å². The van der Waals surface area contributed by atoms with Crippen molar-refractivity contribution in [3.8, 4) is 0 Å². The van der Waals surface area contributed by atoms with Crippen LogP contribution in [-0.4, -0.2) is 28.6 Å². The standard InChI is InChI=1S/C11H15N3O2/c1-7-3-2-6-14(7)10-8(12)4-5-9(13-10)11(15)16/h4-5,7H,2-3,6,12H2,1H3,(H,15,16). The maximum absolute atomic E-state index is 10.8. The molecule has 1 atom stereocenters. The minimum absolute atomic E-state index is 0.0447. The van der Waals surface area contributed by atoms with E-state index in [4.69, 9.17) is 10.8 Å². The van der Waals surface area contributed by atoms with Crippen LogP contribution in [0, 0.1) is 0 Å². The number of hydrogen-bond donors (Lipinski definition) is 2. The number of carboxylic acids is 1. The first-order valence-corrected chi connectivity index (χ1v) is 5.36. The monoisotopic (exact) mass is 221 g/mol. The second-order valence-electron chi connectivity index (χ2n) is 4.10. The Hall–Kier alpha value is -1.78. The number of aromatic nitrogens is 1. The number of carbonyl (C=O) groups is 1. The van der Waals surface area contributed by atoms with Crippen LogP contribution in [0.5, 0.6) is 0 Å². The topological polar surface area (TPSA) is 79.5 Å². The number of pyridine rings is 1. The summed E-state index contributed by atoms with van der Waals surface area (Å²) < 4.78 is 0. The van der Waals surface area contributed by atoms with Gasteiger partial charge in [0, 0.05) is 12.6 Å². The summed E-state index contributed by atoms with van der Waals surface area (Å²) in [5.41, 5.74) is 6.42. The molecule has 16 heavy (non-hydrogen) atoms. The average Bonchev–Trinajstić information content (AvgIpc) is 2.65. The number of carboxylic acid groups (broad SMARTS) is 1. The molecule has 5 heteroatoms. The normalized spacial score (nSPS) is 20.1. The Labute approximate surface area is 93.9 Å². The molecule has 1 aromatic rings. The van der Waals surface area contributed by atoms with Gasteiger partial charge in [-0.2, -0.15) is 0 Å². The summed E-state index contributed by atoms with van der Waals surface area (Å²) in [6.07, 6.45) is 2.19. The Balaban J connectivity index is 2.38. The molecule has 0 spiro atoms. The highest BCUT2D eigenvalue weighted by Crippen LogP contribution is 2.28. The van der Waals surface area contributed by atoms with Crippen molar-refractivity contribution in [2.75, 3.05) is 17.2 Å². The Bertz CT molecular complexity index is 420. The lowest BCUT2D eigenvalue weighted by molar-refractivity contribution is 0.0690. The second kappa shape index (κ2) is 4.00. The van der Waals surface area contributed by atoms with Gasteiger partial charge in [-0.3, -0.25) is 0 Å². The van der Waals surface area contributed by atoms with Gasteiger partial charge in [-0.1, -0.05) is 0 Å². The maximum atomic E-state index is 10.8. The van der Waals surface area contributed by atoms with Gasteiger partial charge in [0.15, 0.2) is 11.5 Å². The van der Waals surface area contributed by atoms with Crippen molar-refractivity contribution in [1.82, 2.24) is 4.98 Å². The van der Waals surface area contributed by atoms with Gasteiger partial charge in [-0.15, -0.1) is 0 Å². The number of rotatable bonds is 2. The first-order valence-electron chi connectivity index (χ1n) is 5.36. The fraction of sp³-hybridized carbons (Fsp3) is 0.455. The third kappa shape index (κ3) is 1.80. The molecule has 1 saturated heterocycles. The van der Waals surface area contributed by atoms with Crippen molar-refractivity contribution in [1.29, 1.82) is 0 Å². The van der Waals surface area contributed by atoms with Gasteiger partial charge < -0.3 is 15.7 Å². The minimum atomic E-state index is -1.02. The van der Waals surface area contributed by atoms with E-state index >= 15 is 0 Å². The van der Waals surface area contributed by atoms with E-state index in [9.17, 15) is 4.79 Å². The van der Waals surface area contributed by atoms with Crippen LogP contribution in [0.25, 0.3) is 0 Å². The molecule has 0 radical (unpaired) electrons. The summed E-state index contributed by atoms with van der Waals surface area (Å²) in [5, 5.41) is 8.89. The number of aromatic carboxylic acids is 1. The van der Waals surface area contributed by atoms with Gasteiger partial charge in [-0.25, -0.2) is 9.78 Å². The molecular weight excluding hydrogens is 206 g/mol. The van der Waals surface area contributed by atoms with Crippen LogP contribution in [0.1, 0.15) is 30.3 Å². The van der Waals surface area contributed by atoms with Crippen molar-refractivity contribution in [2.45, 2.75) is 25.8 Å². The molecule has 0 saturated carbocycles. The van der Waals surface area contributed by atoms with E-state index < -0.39 is 5.97 Å². The molecule has 1 aromatic heterocycles. The Morgan fingerprint density at radius 2 is 2.38 bits per heavy atom. The van der Waals surface area contributed by atoms with E-state index in [1.54, 1.807) is 6.07 Å². The molecule has 3 N–H and O–H groups in total. The number of nitrogen functional groups attached to an aromatic ring is 1. The van der Waals surface area contributed by atoms with Crippen molar-refractivity contribution >= 4 is 17.5 Å². The lowest BCUT2D eigenvalue weighted by atomic mass is 10.2. The average molecular weight is 221 g/mol. The van der Waals surface area contributed by atoms with Gasteiger partial charge in [0.05, 0.1) is 5.69 Å². The number of hydrogen-bond acceptors (Lipinski definition) is 4. The van der Waals surface area contributed by atoms with Crippen molar-refractivity contribution in [3.05, 3.63) is 17.8 Å². The third-order valence-electron chi connectivity index (χ3n) is 2.95. The van der Waals surface area contributed by atoms with Gasteiger partial charge in [0.2, 0.25) is 0 Å². The van der Waals surface area contributed by atoms with Crippen LogP contribution < -0.4 is 10.6 Å². The van der Waals surface area contributed by atoms with E-state index in [-0.39, 0.29) is 5.69 Å². The number of nitrogens with zero attached hydrogens (tertiary/aromatic N) is 2. The van der Waals surface area contributed by atoms with Crippen molar-refractivity contribution in [3.63, 3.8) is 0 Å². The fourth-order valence-electron chi connectivity index (χ4n) is 2.06. The molecule has 0 aromatic carbocycles. The predicted octanol–water partition coefficient (Wildman–Crippen LogP) is 1.35. The largest absolute Gasteiger partial charge is 0.477 e. The lowest BCUT2D eigenvalue weighted by Gasteiger charge is -2.24. The Kier molecular flexibility index (Phi) is 2.68. The summed E-state index contributed by atoms with van der Waals surface area (Å²) in [6, 6.07) is 3.41. The number of anilines is 2. The molecule has 86 valence electrons. The van der Waals surface area contributed by atoms with Gasteiger partial charge in [0.1, 0.15) is 0 Å².